The fourth-order valence-electron chi connectivity index (χ4n) is 3.76. The molecule has 1 heterocycles. The van der Waals surface area contributed by atoms with E-state index in [-0.39, 0.29) is 17.9 Å². The quantitative estimate of drug-likeness (QED) is 0.378. The van der Waals surface area contributed by atoms with Crippen molar-refractivity contribution >= 4 is 27.7 Å². The van der Waals surface area contributed by atoms with Crippen LogP contribution in [0.15, 0.2) is 77.6 Å². The lowest BCUT2D eigenvalue weighted by molar-refractivity contribution is -0.121. The molecule has 0 atom stereocenters. The van der Waals surface area contributed by atoms with Crippen LogP contribution in [-0.4, -0.2) is 24.1 Å². The predicted molar refractivity (Wildman–Crippen MR) is 120 cm³/mol. The van der Waals surface area contributed by atoms with E-state index in [9.17, 15) is 9.59 Å². The zero-order chi connectivity index (χ0) is 20.9. The maximum atomic E-state index is 12.8. The summed E-state index contributed by atoms with van der Waals surface area (Å²) >= 11 is 0. The van der Waals surface area contributed by atoms with Gasteiger partial charge in [-0.1, -0.05) is 36.4 Å². The van der Waals surface area contributed by atoms with Crippen LogP contribution in [0.2, 0.25) is 0 Å². The Morgan fingerprint density at radius 1 is 0.900 bits per heavy atom. The molecule has 0 saturated carbocycles. The molecule has 0 saturated heterocycles. The Labute approximate surface area is 174 Å². The standard InChI is InChI=1S/C25H24N2O3/c1-30-19-14-12-18(13-15-19)7-6-16-26-24(28)17-27-22-10-4-2-8-20(22)25(29)21-9-3-5-11-23(21)27/h2-5,8-15H,6-7,16-17H2,1H3,(H,26,28). The molecule has 0 aliphatic carbocycles. The molecule has 1 N–H and O–H groups in total. The van der Waals surface area contributed by atoms with Crippen LogP contribution in [0.3, 0.4) is 0 Å². The fraction of sp³-hybridized carbons (Fsp3) is 0.200. The second-order valence-corrected chi connectivity index (χ2v) is 7.25. The van der Waals surface area contributed by atoms with Gasteiger partial charge in [0.1, 0.15) is 12.3 Å². The van der Waals surface area contributed by atoms with E-state index in [0.717, 1.165) is 29.6 Å². The highest BCUT2D eigenvalue weighted by atomic mass is 16.5. The number of pyridine rings is 1. The van der Waals surface area contributed by atoms with Crippen LogP contribution in [0, 0.1) is 0 Å². The van der Waals surface area contributed by atoms with Crippen molar-refractivity contribution in [3.05, 3.63) is 88.6 Å². The van der Waals surface area contributed by atoms with Gasteiger partial charge in [0.05, 0.1) is 18.1 Å². The Balaban J connectivity index is 1.46. The minimum atomic E-state index is -0.0660. The molecule has 0 aliphatic heterocycles. The van der Waals surface area contributed by atoms with Gasteiger partial charge in [0, 0.05) is 17.3 Å². The van der Waals surface area contributed by atoms with Gasteiger partial charge in [0.2, 0.25) is 5.91 Å². The predicted octanol–water partition coefficient (Wildman–Crippen LogP) is 3.91. The van der Waals surface area contributed by atoms with Gasteiger partial charge >= 0.3 is 0 Å². The first-order valence-electron chi connectivity index (χ1n) is 10.1. The third kappa shape index (κ3) is 4.06. The summed E-state index contributed by atoms with van der Waals surface area (Å²) in [5, 5.41) is 4.26. The van der Waals surface area contributed by atoms with Gasteiger partial charge in [0.25, 0.3) is 0 Å². The number of ether oxygens (including phenoxy) is 1. The Morgan fingerprint density at radius 3 is 2.10 bits per heavy atom. The van der Waals surface area contributed by atoms with Crippen LogP contribution >= 0.6 is 0 Å². The van der Waals surface area contributed by atoms with E-state index in [1.54, 1.807) is 7.11 Å². The van der Waals surface area contributed by atoms with Crippen molar-refractivity contribution in [3.8, 4) is 5.75 Å². The highest BCUT2D eigenvalue weighted by molar-refractivity contribution is 5.94. The number of methoxy groups -OCH3 is 1. The fourth-order valence-corrected chi connectivity index (χ4v) is 3.76. The van der Waals surface area contributed by atoms with Crippen LogP contribution in [0.25, 0.3) is 21.8 Å². The monoisotopic (exact) mass is 400 g/mol. The molecular weight excluding hydrogens is 376 g/mol. The number of carbonyl (C=O) groups is 1. The van der Waals surface area contributed by atoms with Crippen LogP contribution in [0.4, 0.5) is 0 Å². The van der Waals surface area contributed by atoms with Crippen molar-refractivity contribution in [3.63, 3.8) is 0 Å². The lowest BCUT2D eigenvalue weighted by atomic mass is 10.1. The Morgan fingerprint density at radius 2 is 1.50 bits per heavy atom. The van der Waals surface area contributed by atoms with Gasteiger partial charge in [-0.15, -0.1) is 0 Å². The number of carbonyl (C=O) groups excluding carboxylic acids is 1. The summed E-state index contributed by atoms with van der Waals surface area (Å²) in [5.41, 5.74) is 2.75. The first-order valence-corrected chi connectivity index (χ1v) is 10.1. The molecule has 4 aromatic rings. The highest BCUT2D eigenvalue weighted by Gasteiger charge is 2.12. The Kier molecular flexibility index (Phi) is 5.80. The number of hydrogen-bond acceptors (Lipinski definition) is 3. The molecule has 0 aliphatic rings. The van der Waals surface area contributed by atoms with Crippen LogP contribution in [-0.2, 0) is 17.8 Å². The van der Waals surface area contributed by atoms with Crippen molar-refractivity contribution in [1.29, 1.82) is 0 Å². The number of nitrogens with one attached hydrogen (secondary N) is 1. The number of para-hydroxylation sites is 2. The maximum absolute atomic E-state index is 12.8. The topological polar surface area (TPSA) is 60.3 Å². The molecular formula is C25H24N2O3. The van der Waals surface area contributed by atoms with E-state index in [2.05, 4.69) is 5.32 Å². The van der Waals surface area contributed by atoms with E-state index >= 15 is 0 Å². The Bertz CT molecular complexity index is 1180. The van der Waals surface area contributed by atoms with Gasteiger partial charge in [-0.05, 0) is 54.8 Å². The first-order chi connectivity index (χ1) is 14.7. The largest absolute Gasteiger partial charge is 0.497 e. The first kappa shape index (κ1) is 19.7. The van der Waals surface area contributed by atoms with Crippen molar-refractivity contribution in [1.82, 2.24) is 9.88 Å². The zero-order valence-corrected chi connectivity index (χ0v) is 16.9. The van der Waals surface area contributed by atoms with E-state index < -0.39 is 0 Å². The average molecular weight is 400 g/mol. The SMILES string of the molecule is COc1ccc(CCCNC(=O)Cn2c3ccccc3c(=O)c3ccccc32)cc1. The molecule has 152 valence electrons. The molecule has 4 rings (SSSR count). The number of nitrogens with zero attached hydrogens (tertiary/aromatic N) is 1. The summed E-state index contributed by atoms with van der Waals surface area (Å²) < 4.78 is 7.09. The number of aryl methyl sites for hydroxylation is 1. The summed E-state index contributed by atoms with van der Waals surface area (Å²) in [5.74, 6) is 0.774. The molecule has 0 bridgehead atoms. The minimum Gasteiger partial charge on any atom is -0.497 e. The number of rotatable bonds is 7. The van der Waals surface area contributed by atoms with Gasteiger partial charge in [0.15, 0.2) is 5.43 Å². The van der Waals surface area contributed by atoms with E-state index in [0.29, 0.717) is 17.3 Å². The zero-order valence-electron chi connectivity index (χ0n) is 16.9. The molecule has 30 heavy (non-hydrogen) atoms. The van der Waals surface area contributed by atoms with E-state index in [4.69, 9.17) is 4.74 Å². The van der Waals surface area contributed by atoms with E-state index in [1.165, 1.54) is 5.56 Å². The number of aromatic nitrogens is 1. The highest BCUT2D eigenvalue weighted by Crippen LogP contribution is 2.19. The lowest BCUT2D eigenvalue weighted by Gasteiger charge is -2.15. The molecule has 3 aromatic carbocycles. The van der Waals surface area contributed by atoms with Crippen LogP contribution in [0.5, 0.6) is 5.75 Å². The van der Waals surface area contributed by atoms with Crippen LogP contribution < -0.4 is 15.5 Å². The van der Waals surface area contributed by atoms with E-state index in [1.807, 2.05) is 77.4 Å². The van der Waals surface area contributed by atoms with Gasteiger partial charge in [-0.3, -0.25) is 9.59 Å². The number of benzene rings is 3. The molecule has 0 unspecified atom stereocenters. The summed E-state index contributed by atoms with van der Waals surface area (Å²) in [7, 11) is 1.65. The Hall–Kier alpha value is -3.60. The van der Waals surface area contributed by atoms with Crippen molar-refractivity contribution in [2.24, 2.45) is 0 Å². The normalized spacial score (nSPS) is 11.0. The maximum Gasteiger partial charge on any atom is 0.239 e. The van der Waals surface area contributed by atoms with Crippen LogP contribution in [0.1, 0.15) is 12.0 Å². The summed E-state index contributed by atoms with van der Waals surface area (Å²) in [6.45, 7) is 0.769. The van der Waals surface area contributed by atoms with Crippen molar-refractivity contribution in [2.45, 2.75) is 19.4 Å². The average Bonchev–Trinajstić information content (AvgIpc) is 2.80. The lowest BCUT2D eigenvalue weighted by Crippen LogP contribution is -2.29. The third-order valence-electron chi connectivity index (χ3n) is 5.30. The number of hydrogen-bond donors (Lipinski definition) is 1. The second kappa shape index (κ2) is 8.82. The molecule has 1 amide bonds. The summed E-state index contributed by atoms with van der Waals surface area (Å²) in [4.78, 5) is 25.4. The van der Waals surface area contributed by atoms with Crippen molar-refractivity contribution < 1.29 is 9.53 Å². The van der Waals surface area contributed by atoms with Gasteiger partial charge in [-0.2, -0.15) is 0 Å². The number of fused-ring (bicyclic) bond motifs is 2. The molecule has 1 aromatic heterocycles. The molecule has 0 fully saturated rings. The molecule has 0 radical (unpaired) electrons. The minimum absolute atomic E-state index is 0.00245. The van der Waals surface area contributed by atoms with Gasteiger partial charge in [-0.25, -0.2) is 0 Å². The molecule has 0 spiro atoms. The molecule has 5 heteroatoms. The smallest absolute Gasteiger partial charge is 0.239 e. The summed E-state index contributed by atoms with van der Waals surface area (Å²) in [6, 6.07) is 22.9. The second-order valence-electron chi connectivity index (χ2n) is 7.25. The summed E-state index contributed by atoms with van der Waals surface area (Å²) in [6.07, 6.45) is 1.73. The van der Waals surface area contributed by atoms with Gasteiger partial charge < -0.3 is 14.6 Å². The third-order valence-corrected chi connectivity index (χ3v) is 5.30. The number of amides is 1. The van der Waals surface area contributed by atoms with Crippen molar-refractivity contribution in [2.75, 3.05) is 13.7 Å². The molecule has 5 nitrogen and oxygen atoms in total.